The lowest BCUT2D eigenvalue weighted by Crippen LogP contribution is -2.44. The van der Waals surface area contributed by atoms with Gasteiger partial charge in [-0.3, -0.25) is 0 Å². The SMILES string of the molecule is COc1cccc(S(=O)(=O)N2CCC3(CC2)CCN(S(=O)(=O)c2ccc(S(C)(=O)=O)cc2)C3)c1. The molecule has 1 spiro atoms. The minimum absolute atomic E-state index is 0.0509. The van der Waals surface area contributed by atoms with E-state index < -0.39 is 29.9 Å². The van der Waals surface area contributed by atoms with Crippen LogP contribution in [0.2, 0.25) is 0 Å². The van der Waals surface area contributed by atoms with E-state index in [1.54, 1.807) is 18.2 Å². The predicted octanol–water partition coefficient (Wildman–Crippen LogP) is 1.96. The Morgan fingerprint density at radius 3 is 1.82 bits per heavy atom. The number of ether oxygens (including phenoxy) is 1. The molecule has 2 aliphatic rings. The standard InChI is InChI=1S/C22H28N2O7S3/c1-31-18-4-3-5-21(16-18)34(29,30)23-13-10-22(11-14-23)12-15-24(17-22)33(27,28)20-8-6-19(7-9-20)32(2,25)26/h3-9,16H,10-15,17H2,1-2H3. The van der Waals surface area contributed by atoms with Crippen LogP contribution in [0.3, 0.4) is 0 Å². The van der Waals surface area contributed by atoms with Crippen molar-refractivity contribution in [1.82, 2.24) is 8.61 Å². The normalized spacial score (nSPS) is 19.9. The summed E-state index contributed by atoms with van der Waals surface area (Å²) in [7, 11) is -9.38. The van der Waals surface area contributed by atoms with Gasteiger partial charge in [0.2, 0.25) is 20.0 Å². The summed E-state index contributed by atoms with van der Waals surface area (Å²) in [5.41, 5.74) is -0.278. The molecule has 0 unspecified atom stereocenters. The molecule has 0 amide bonds. The Balaban J connectivity index is 1.45. The van der Waals surface area contributed by atoms with Crippen molar-refractivity contribution in [3.8, 4) is 5.75 Å². The van der Waals surface area contributed by atoms with E-state index in [-0.39, 0.29) is 20.1 Å². The van der Waals surface area contributed by atoms with Crippen LogP contribution < -0.4 is 4.74 Å². The van der Waals surface area contributed by atoms with E-state index >= 15 is 0 Å². The highest BCUT2D eigenvalue weighted by molar-refractivity contribution is 7.91. The van der Waals surface area contributed by atoms with E-state index in [9.17, 15) is 25.3 Å². The van der Waals surface area contributed by atoms with E-state index in [0.717, 1.165) is 6.26 Å². The third-order valence-electron chi connectivity index (χ3n) is 6.76. The zero-order valence-electron chi connectivity index (χ0n) is 19.0. The first-order chi connectivity index (χ1) is 15.9. The number of hydrogen-bond acceptors (Lipinski definition) is 7. The Morgan fingerprint density at radius 2 is 1.26 bits per heavy atom. The summed E-state index contributed by atoms with van der Waals surface area (Å²) in [6.07, 6.45) is 2.85. The minimum Gasteiger partial charge on any atom is -0.497 e. The second-order valence-electron chi connectivity index (χ2n) is 8.92. The Bertz CT molecular complexity index is 1380. The lowest BCUT2D eigenvalue weighted by atomic mass is 9.78. The summed E-state index contributed by atoms with van der Waals surface area (Å²) in [5, 5.41) is 0. The van der Waals surface area contributed by atoms with Gasteiger partial charge in [-0.1, -0.05) is 6.07 Å². The highest BCUT2D eigenvalue weighted by atomic mass is 32.2. The third-order valence-corrected chi connectivity index (χ3v) is 11.6. The van der Waals surface area contributed by atoms with Crippen LogP contribution in [-0.4, -0.2) is 73.4 Å². The minimum atomic E-state index is -3.78. The fourth-order valence-corrected chi connectivity index (χ4v) is 8.29. The van der Waals surface area contributed by atoms with Crippen LogP contribution >= 0.6 is 0 Å². The number of benzene rings is 2. The maximum absolute atomic E-state index is 13.1. The van der Waals surface area contributed by atoms with Crippen LogP contribution in [0.25, 0.3) is 0 Å². The molecule has 2 saturated heterocycles. The molecule has 186 valence electrons. The number of piperidine rings is 1. The lowest BCUT2D eigenvalue weighted by Gasteiger charge is -2.38. The van der Waals surface area contributed by atoms with Gasteiger partial charge in [0, 0.05) is 38.5 Å². The van der Waals surface area contributed by atoms with Crippen molar-refractivity contribution in [2.75, 3.05) is 39.5 Å². The molecule has 2 aromatic carbocycles. The molecule has 2 heterocycles. The molecular formula is C22H28N2O7S3. The van der Waals surface area contributed by atoms with Crippen molar-refractivity contribution in [2.45, 2.75) is 33.9 Å². The van der Waals surface area contributed by atoms with Crippen LogP contribution in [0.4, 0.5) is 0 Å². The van der Waals surface area contributed by atoms with E-state index in [0.29, 0.717) is 51.2 Å². The molecule has 0 atom stereocenters. The first-order valence-corrected chi connectivity index (χ1v) is 15.6. The molecule has 2 fully saturated rings. The Morgan fingerprint density at radius 1 is 0.735 bits per heavy atom. The molecule has 0 aromatic heterocycles. The largest absolute Gasteiger partial charge is 0.497 e. The highest BCUT2D eigenvalue weighted by Gasteiger charge is 2.46. The van der Waals surface area contributed by atoms with Crippen molar-refractivity contribution >= 4 is 29.9 Å². The average molecular weight is 529 g/mol. The van der Waals surface area contributed by atoms with Crippen LogP contribution in [0, 0.1) is 5.41 Å². The monoisotopic (exact) mass is 528 g/mol. The molecule has 0 saturated carbocycles. The van der Waals surface area contributed by atoms with E-state index in [1.807, 2.05) is 0 Å². The van der Waals surface area contributed by atoms with Crippen LogP contribution in [0.5, 0.6) is 5.75 Å². The first-order valence-electron chi connectivity index (χ1n) is 10.8. The van der Waals surface area contributed by atoms with Gasteiger partial charge in [0.15, 0.2) is 9.84 Å². The maximum atomic E-state index is 13.1. The molecule has 2 aliphatic heterocycles. The van der Waals surface area contributed by atoms with Crippen molar-refractivity contribution in [1.29, 1.82) is 0 Å². The molecule has 4 rings (SSSR count). The van der Waals surface area contributed by atoms with E-state index in [2.05, 4.69) is 0 Å². The fraction of sp³-hybridized carbons (Fsp3) is 0.455. The first kappa shape index (κ1) is 25.1. The molecule has 9 nitrogen and oxygen atoms in total. The quantitative estimate of drug-likeness (QED) is 0.562. The second kappa shape index (κ2) is 8.90. The highest BCUT2D eigenvalue weighted by Crippen LogP contribution is 2.43. The summed E-state index contributed by atoms with van der Waals surface area (Å²) in [5.74, 6) is 0.468. The third kappa shape index (κ3) is 4.74. The van der Waals surface area contributed by atoms with E-state index in [4.69, 9.17) is 4.74 Å². The predicted molar refractivity (Wildman–Crippen MR) is 126 cm³/mol. The van der Waals surface area contributed by atoms with Crippen molar-refractivity contribution in [2.24, 2.45) is 5.41 Å². The Labute approximate surface area is 201 Å². The van der Waals surface area contributed by atoms with Gasteiger partial charge < -0.3 is 4.74 Å². The van der Waals surface area contributed by atoms with Crippen molar-refractivity contribution < 1.29 is 30.0 Å². The molecule has 2 aromatic rings. The number of sulfonamides is 2. The van der Waals surface area contributed by atoms with Gasteiger partial charge in [0.05, 0.1) is 21.8 Å². The van der Waals surface area contributed by atoms with Gasteiger partial charge in [-0.05, 0) is 61.1 Å². The zero-order chi connectivity index (χ0) is 24.8. The van der Waals surface area contributed by atoms with Crippen molar-refractivity contribution in [3.05, 3.63) is 48.5 Å². The molecule has 34 heavy (non-hydrogen) atoms. The molecule has 12 heteroatoms. The van der Waals surface area contributed by atoms with Gasteiger partial charge in [-0.15, -0.1) is 0 Å². The Kier molecular flexibility index (Phi) is 6.58. The molecular weight excluding hydrogens is 500 g/mol. The molecule has 0 bridgehead atoms. The maximum Gasteiger partial charge on any atom is 0.243 e. The van der Waals surface area contributed by atoms with Gasteiger partial charge in [-0.2, -0.15) is 8.61 Å². The zero-order valence-corrected chi connectivity index (χ0v) is 21.5. The number of rotatable bonds is 6. The number of nitrogens with zero attached hydrogens (tertiary/aromatic N) is 2. The van der Waals surface area contributed by atoms with Gasteiger partial charge in [0.25, 0.3) is 0 Å². The topological polar surface area (TPSA) is 118 Å². The van der Waals surface area contributed by atoms with Crippen molar-refractivity contribution in [3.63, 3.8) is 0 Å². The summed E-state index contributed by atoms with van der Waals surface area (Å²) in [6, 6.07) is 11.6. The smallest absolute Gasteiger partial charge is 0.243 e. The van der Waals surface area contributed by atoms with Crippen LogP contribution in [0.1, 0.15) is 19.3 Å². The number of sulfone groups is 1. The average Bonchev–Trinajstić information content (AvgIpc) is 3.23. The van der Waals surface area contributed by atoms with Gasteiger partial charge >= 0.3 is 0 Å². The van der Waals surface area contributed by atoms with E-state index in [1.165, 1.54) is 46.1 Å². The van der Waals surface area contributed by atoms with Crippen LogP contribution in [0.15, 0.2) is 63.2 Å². The summed E-state index contributed by atoms with van der Waals surface area (Å²) in [6.45, 7) is 1.29. The fourth-order valence-electron chi connectivity index (χ4n) is 4.63. The molecule has 0 N–H and O–H groups in total. The van der Waals surface area contributed by atoms with Gasteiger partial charge in [-0.25, -0.2) is 25.3 Å². The second-order valence-corrected chi connectivity index (χ2v) is 14.8. The number of methoxy groups -OCH3 is 1. The lowest BCUT2D eigenvalue weighted by molar-refractivity contribution is 0.167. The number of hydrogen-bond donors (Lipinski definition) is 0. The summed E-state index contributed by atoms with van der Waals surface area (Å²) < 4.78 is 83.8. The Hall–Kier alpha value is -1.99. The van der Waals surface area contributed by atoms with Crippen LogP contribution in [-0.2, 0) is 29.9 Å². The summed E-state index contributed by atoms with van der Waals surface area (Å²) >= 11 is 0. The summed E-state index contributed by atoms with van der Waals surface area (Å²) in [4.78, 5) is 0.292. The molecule has 0 aliphatic carbocycles. The molecule has 0 radical (unpaired) electrons. The van der Waals surface area contributed by atoms with Gasteiger partial charge in [0.1, 0.15) is 5.75 Å².